The van der Waals surface area contributed by atoms with Crippen molar-refractivity contribution in [2.45, 2.75) is 168 Å². The minimum atomic E-state index is -2.36. The third kappa shape index (κ3) is 5.93. The summed E-state index contributed by atoms with van der Waals surface area (Å²) in [5.41, 5.74) is 1.46. The van der Waals surface area contributed by atoms with E-state index >= 15 is 0 Å². The smallest absolute Gasteiger partial charge is 0.364 e. The summed E-state index contributed by atoms with van der Waals surface area (Å²) >= 11 is 0. The van der Waals surface area contributed by atoms with Crippen molar-refractivity contribution in [2.75, 3.05) is 13.2 Å². The predicted molar refractivity (Wildman–Crippen MR) is 194 cm³/mol. The van der Waals surface area contributed by atoms with Crippen LogP contribution in [0, 0.1) is 50.2 Å². The Hall–Kier alpha value is -1.60. The first-order chi connectivity index (χ1) is 24.1. The van der Waals surface area contributed by atoms with Crippen LogP contribution in [0.5, 0.6) is 0 Å². The summed E-state index contributed by atoms with van der Waals surface area (Å²) in [5, 5.41) is 65.7. The Bertz CT molecular complexity index is 1440. The maximum atomic E-state index is 13.1. The third-order valence-corrected chi connectivity index (χ3v) is 16.8. The first-order valence-corrected chi connectivity index (χ1v) is 19.9. The van der Waals surface area contributed by atoms with Gasteiger partial charge in [-0.2, -0.15) is 0 Å². The van der Waals surface area contributed by atoms with Gasteiger partial charge in [0, 0.05) is 20.0 Å². The Morgan fingerprint density at radius 3 is 2.23 bits per heavy atom. The van der Waals surface area contributed by atoms with Crippen LogP contribution in [0.15, 0.2) is 11.6 Å². The number of amides is 1. The van der Waals surface area contributed by atoms with Gasteiger partial charge in [0.25, 0.3) is 5.79 Å². The average Bonchev–Trinajstić information content (AvgIpc) is 3.07. The quantitative estimate of drug-likeness (QED) is 0.140. The summed E-state index contributed by atoms with van der Waals surface area (Å²) < 4.78 is 12.7. The minimum absolute atomic E-state index is 0.0416. The van der Waals surface area contributed by atoms with Crippen LogP contribution in [0.1, 0.15) is 126 Å². The molecule has 4 saturated carbocycles. The highest BCUT2D eigenvalue weighted by Crippen LogP contribution is 2.76. The van der Waals surface area contributed by atoms with Gasteiger partial charge in [0.15, 0.2) is 0 Å². The van der Waals surface area contributed by atoms with Crippen LogP contribution >= 0.6 is 0 Å². The number of allylic oxidation sites excluding steroid dienone is 2. The third-order valence-electron chi connectivity index (χ3n) is 16.8. The van der Waals surface area contributed by atoms with Crippen molar-refractivity contribution in [2.24, 2.45) is 50.2 Å². The van der Waals surface area contributed by atoms with Crippen molar-refractivity contribution in [3.05, 3.63) is 11.6 Å². The molecule has 5 aliphatic carbocycles. The van der Waals surface area contributed by atoms with Crippen molar-refractivity contribution in [3.8, 4) is 0 Å². The summed E-state index contributed by atoms with van der Waals surface area (Å²) in [5.74, 6) is -3.25. The molecular weight excluding hydrogens is 666 g/mol. The molecule has 6 aliphatic rings. The number of carbonyl (C=O) groups excluding carboxylic acids is 1. The van der Waals surface area contributed by atoms with E-state index in [0.717, 1.165) is 44.9 Å². The molecule has 1 amide bonds. The molecule has 0 aromatic rings. The highest BCUT2D eigenvalue weighted by atomic mass is 16.7. The number of ether oxygens (including phenoxy) is 2. The molecule has 15 atom stereocenters. The van der Waals surface area contributed by atoms with Gasteiger partial charge >= 0.3 is 5.97 Å². The average molecular weight is 734 g/mol. The number of aliphatic carboxylic acids is 1. The van der Waals surface area contributed by atoms with E-state index in [1.54, 1.807) is 5.57 Å². The fraction of sp³-hybridized carbons (Fsp3) is 0.902. The number of hydrogen-bond donors (Lipinski definition) is 7. The molecule has 0 aromatic carbocycles. The van der Waals surface area contributed by atoms with Gasteiger partial charge < -0.3 is 45.4 Å². The Morgan fingerprint density at radius 2 is 1.62 bits per heavy atom. The summed E-state index contributed by atoms with van der Waals surface area (Å²) in [4.78, 5) is 25.1. The van der Waals surface area contributed by atoms with E-state index in [2.05, 4.69) is 59.9 Å². The SMILES string of the molecule is CC(=O)N[C@H]1[C@H]([C@H](O)[C@H](O)CO)O[C@@](O[C@H]2CC[C@]3(C)[C@H]4CC=C5[C@@H]6C[C@@](C)(CO)CC[C@]6(C)CC[C@@]5(C)[C@]4(C)CC[C@H]3C2(C)C)(C(=O)O)C[C@@H]1O. The molecule has 0 unspecified atom stereocenters. The van der Waals surface area contributed by atoms with Gasteiger partial charge in [-0.1, -0.05) is 60.1 Å². The molecule has 11 nitrogen and oxygen atoms in total. The molecule has 7 N–H and O–H groups in total. The second-order valence-electron chi connectivity index (χ2n) is 20.0. The van der Waals surface area contributed by atoms with Crippen molar-refractivity contribution >= 4 is 11.9 Å². The number of aliphatic hydroxyl groups excluding tert-OH is 5. The van der Waals surface area contributed by atoms with E-state index in [9.17, 15) is 40.2 Å². The van der Waals surface area contributed by atoms with Crippen LogP contribution in [0.25, 0.3) is 0 Å². The number of carboxylic acids is 1. The lowest BCUT2D eigenvalue weighted by atomic mass is 9.33. The number of nitrogens with one attached hydrogen (secondary N) is 1. The monoisotopic (exact) mass is 733 g/mol. The second-order valence-corrected chi connectivity index (χ2v) is 20.0. The lowest BCUT2D eigenvalue weighted by molar-refractivity contribution is -0.342. The van der Waals surface area contributed by atoms with Gasteiger partial charge in [0.1, 0.15) is 18.3 Å². The van der Waals surface area contributed by atoms with Crippen LogP contribution in [0.2, 0.25) is 0 Å². The zero-order chi connectivity index (χ0) is 38.4. The van der Waals surface area contributed by atoms with Crippen LogP contribution in [-0.4, -0.2) is 98.1 Å². The predicted octanol–water partition coefficient (Wildman–Crippen LogP) is 4.32. The van der Waals surface area contributed by atoms with Crippen LogP contribution in [0.4, 0.5) is 0 Å². The van der Waals surface area contributed by atoms with Crippen LogP contribution in [-0.2, 0) is 19.1 Å². The molecule has 0 bridgehead atoms. The molecule has 11 heteroatoms. The molecule has 296 valence electrons. The molecule has 0 radical (unpaired) electrons. The Kier molecular flexibility index (Phi) is 10.2. The first-order valence-electron chi connectivity index (χ1n) is 19.9. The normalized spacial score (nSPS) is 49.6. The Balaban J connectivity index is 1.29. The number of aliphatic hydroxyl groups is 5. The van der Waals surface area contributed by atoms with E-state index in [1.807, 2.05) is 0 Å². The summed E-state index contributed by atoms with van der Waals surface area (Å²) in [6, 6.07) is -1.24. The molecular formula is C41H67NO10. The van der Waals surface area contributed by atoms with E-state index in [0.29, 0.717) is 18.3 Å². The summed E-state index contributed by atoms with van der Waals surface area (Å²) in [6.45, 7) is 17.2. The van der Waals surface area contributed by atoms with Gasteiger partial charge in [-0.15, -0.1) is 0 Å². The number of carboxylic acid groups (broad SMARTS) is 1. The molecule has 1 aliphatic heterocycles. The molecule has 1 heterocycles. The van der Waals surface area contributed by atoms with Crippen molar-refractivity contribution in [1.82, 2.24) is 5.32 Å². The first kappa shape index (κ1) is 40.1. The Morgan fingerprint density at radius 1 is 0.942 bits per heavy atom. The maximum absolute atomic E-state index is 13.1. The number of carbonyl (C=O) groups is 2. The zero-order valence-corrected chi connectivity index (χ0v) is 32.8. The fourth-order valence-corrected chi connectivity index (χ4v) is 13.2. The van der Waals surface area contributed by atoms with Gasteiger partial charge in [-0.25, -0.2) is 4.79 Å². The van der Waals surface area contributed by atoms with Crippen molar-refractivity contribution in [3.63, 3.8) is 0 Å². The molecule has 1 saturated heterocycles. The van der Waals surface area contributed by atoms with E-state index < -0.39 is 72.7 Å². The van der Waals surface area contributed by atoms with Crippen molar-refractivity contribution < 1.29 is 49.7 Å². The van der Waals surface area contributed by atoms with Gasteiger partial charge in [-0.05, 0) is 114 Å². The lowest BCUT2D eigenvalue weighted by Gasteiger charge is -2.71. The molecule has 0 spiro atoms. The van der Waals surface area contributed by atoms with E-state index in [1.165, 1.54) is 19.8 Å². The molecule has 0 aromatic heterocycles. The highest BCUT2D eigenvalue weighted by molar-refractivity contribution is 5.76. The van der Waals surface area contributed by atoms with Crippen LogP contribution < -0.4 is 5.32 Å². The standard InChI is InChI=1S/C41H67NO10/c1-23(45)42-31-26(46)20-41(34(49)50,52-33(31)32(48)27(47)21-43)51-30-12-13-38(6)28(35(30,2)3)11-14-40(8)29(38)10-9-24-25-19-36(4,22-44)15-16-37(25,5)17-18-39(24,40)7/h9,25-33,43-44,46-48H,10-22H2,1-8H3,(H,42,45)(H,49,50)/t25-,26-,27+,28-,29+,30-,31+,32+,33+,36-,37+,38-,39+,40+,41+/m0/s1. The summed E-state index contributed by atoms with van der Waals surface area (Å²) in [6.07, 6.45) is 5.05. The maximum Gasteiger partial charge on any atom is 0.364 e. The van der Waals surface area contributed by atoms with Gasteiger partial charge in [0.05, 0.1) is 24.9 Å². The largest absolute Gasteiger partial charge is 0.477 e. The number of hydrogen-bond acceptors (Lipinski definition) is 9. The van der Waals surface area contributed by atoms with E-state index in [-0.39, 0.29) is 39.6 Å². The highest BCUT2D eigenvalue weighted by Gasteiger charge is 2.69. The van der Waals surface area contributed by atoms with Gasteiger partial charge in [0.2, 0.25) is 5.91 Å². The topological polar surface area (TPSA) is 186 Å². The molecule has 52 heavy (non-hydrogen) atoms. The van der Waals surface area contributed by atoms with Gasteiger partial charge in [-0.3, -0.25) is 4.79 Å². The minimum Gasteiger partial charge on any atom is -0.477 e. The lowest BCUT2D eigenvalue weighted by Crippen LogP contribution is -2.69. The molecule has 6 rings (SSSR count). The van der Waals surface area contributed by atoms with Crippen molar-refractivity contribution in [1.29, 1.82) is 0 Å². The number of rotatable bonds is 8. The zero-order valence-electron chi connectivity index (χ0n) is 32.8. The van der Waals surface area contributed by atoms with E-state index in [4.69, 9.17) is 9.47 Å². The summed E-state index contributed by atoms with van der Waals surface area (Å²) in [7, 11) is 0. The molecule has 5 fully saturated rings. The Labute approximate surface area is 309 Å². The fourth-order valence-electron chi connectivity index (χ4n) is 13.2. The second kappa shape index (κ2) is 13.3. The van der Waals surface area contributed by atoms with Crippen LogP contribution in [0.3, 0.4) is 0 Å². The number of fused-ring (bicyclic) bond motifs is 7.